The Labute approximate surface area is 138 Å². The summed E-state index contributed by atoms with van der Waals surface area (Å²) in [5.41, 5.74) is 3.46. The average molecular weight is 317 g/mol. The topological polar surface area (TPSA) is 66.4 Å². The number of carbonyl (C=O) groups is 2. The third-order valence-corrected chi connectivity index (χ3v) is 4.53. The minimum absolute atomic E-state index is 0.000862. The van der Waals surface area contributed by atoms with Crippen molar-refractivity contribution in [1.29, 1.82) is 0 Å². The number of rotatable bonds is 3. The first-order valence-corrected chi connectivity index (χ1v) is 7.82. The summed E-state index contributed by atoms with van der Waals surface area (Å²) in [7, 11) is 0. The summed E-state index contributed by atoms with van der Waals surface area (Å²) in [4.78, 5) is 23.9. The molecule has 0 unspecified atom stereocenters. The monoisotopic (exact) mass is 317 g/mol. The zero-order valence-electron chi connectivity index (χ0n) is 12.9. The van der Waals surface area contributed by atoms with Crippen molar-refractivity contribution in [2.45, 2.75) is 12.8 Å². The van der Waals surface area contributed by atoms with Gasteiger partial charge in [-0.1, -0.05) is 36.4 Å². The van der Waals surface area contributed by atoms with Crippen LogP contribution in [-0.2, 0) is 12.8 Å². The number of anilines is 1. The van der Waals surface area contributed by atoms with Crippen LogP contribution in [0.3, 0.4) is 0 Å². The number of carboxylic acids is 1. The highest BCUT2D eigenvalue weighted by Gasteiger charge is 2.19. The SMILES string of the molecule is O=C(O)c1ccccc1C(=O)Nc1ccc2c3c(cccc13)CC2. The van der Waals surface area contributed by atoms with Gasteiger partial charge in [0.25, 0.3) is 5.91 Å². The van der Waals surface area contributed by atoms with Gasteiger partial charge >= 0.3 is 5.97 Å². The third-order valence-electron chi connectivity index (χ3n) is 4.53. The number of hydrogen-bond donors (Lipinski definition) is 2. The molecule has 0 radical (unpaired) electrons. The number of aromatic carboxylic acids is 1. The average Bonchev–Trinajstić information content (AvgIpc) is 3.02. The van der Waals surface area contributed by atoms with Gasteiger partial charge in [-0.3, -0.25) is 4.79 Å². The molecule has 1 aliphatic carbocycles. The van der Waals surface area contributed by atoms with Gasteiger partial charge in [-0.15, -0.1) is 0 Å². The van der Waals surface area contributed by atoms with Gasteiger partial charge in [-0.05, 0) is 47.6 Å². The Morgan fingerprint density at radius 2 is 1.54 bits per heavy atom. The molecule has 1 aliphatic rings. The van der Waals surface area contributed by atoms with Crippen molar-refractivity contribution < 1.29 is 14.7 Å². The summed E-state index contributed by atoms with van der Waals surface area (Å²) in [6.07, 6.45) is 2.04. The van der Waals surface area contributed by atoms with Crippen molar-refractivity contribution in [3.05, 3.63) is 76.9 Å². The van der Waals surface area contributed by atoms with Crippen molar-refractivity contribution in [3.63, 3.8) is 0 Å². The lowest BCUT2D eigenvalue weighted by Crippen LogP contribution is -2.16. The maximum atomic E-state index is 12.6. The largest absolute Gasteiger partial charge is 0.478 e. The van der Waals surface area contributed by atoms with Crippen LogP contribution in [0.25, 0.3) is 10.8 Å². The maximum Gasteiger partial charge on any atom is 0.336 e. The molecule has 4 nitrogen and oxygen atoms in total. The number of hydrogen-bond acceptors (Lipinski definition) is 2. The molecule has 4 heteroatoms. The number of benzene rings is 3. The fraction of sp³-hybridized carbons (Fsp3) is 0.100. The third kappa shape index (κ3) is 2.24. The second-order valence-corrected chi connectivity index (χ2v) is 5.92. The van der Waals surface area contributed by atoms with Gasteiger partial charge in [-0.2, -0.15) is 0 Å². The Morgan fingerprint density at radius 3 is 2.29 bits per heavy atom. The molecule has 2 N–H and O–H groups in total. The molecule has 0 atom stereocenters. The van der Waals surface area contributed by atoms with Crippen LogP contribution in [0, 0.1) is 0 Å². The van der Waals surface area contributed by atoms with E-state index < -0.39 is 11.9 Å². The first-order valence-electron chi connectivity index (χ1n) is 7.82. The molecule has 0 fully saturated rings. The van der Waals surface area contributed by atoms with Crippen molar-refractivity contribution in [2.75, 3.05) is 5.32 Å². The summed E-state index contributed by atoms with van der Waals surface area (Å²) < 4.78 is 0. The number of carbonyl (C=O) groups excluding carboxylic acids is 1. The Morgan fingerprint density at radius 1 is 0.833 bits per heavy atom. The predicted molar refractivity (Wildman–Crippen MR) is 92.7 cm³/mol. The number of amides is 1. The molecule has 0 aromatic heterocycles. The second-order valence-electron chi connectivity index (χ2n) is 5.92. The van der Waals surface area contributed by atoms with Crippen molar-refractivity contribution in [2.24, 2.45) is 0 Å². The normalized spacial score (nSPS) is 12.3. The highest BCUT2D eigenvalue weighted by molar-refractivity contribution is 6.14. The minimum Gasteiger partial charge on any atom is -0.478 e. The highest BCUT2D eigenvalue weighted by atomic mass is 16.4. The van der Waals surface area contributed by atoms with Gasteiger partial charge in [0.2, 0.25) is 0 Å². The fourth-order valence-electron chi connectivity index (χ4n) is 3.41. The van der Waals surface area contributed by atoms with E-state index in [4.69, 9.17) is 0 Å². The molecular weight excluding hydrogens is 302 g/mol. The van der Waals surface area contributed by atoms with Crippen LogP contribution in [0.1, 0.15) is 31.8 Å². The van der Waals surface area contributed by atoms with Crippen molar-refractivity contribution in [3.8, 4) is 0 Å². The first kappa shape index (κ1) is 14.5. The molecule has 0 saturated carbocycles. The smallest absolute Gasteiger partial charge is 0.336 e. The molecule has 4 rings (SSSR count). The van der Waals surface area contributed by atoms with Gasteiger partial charge < -0.3 is 10.4 Å². The lowest BCUT2D eigenvalue weighted by molar-refractivity contribution is 0.0692. The van der Waals surface area contributed by atoms with Gasteiger partial charge in [0.15, 0.2) is 0 Å². The van der Waals surface area contributed by atoms with Gasteiger partial charge in [-0.25, -0.2) is 4.79 Å². The van der Waals surface area contributed by atoms with Gasteiger partial charge in [0.05, 0.1) is 11.1 Å². The lowest BCUT2D eigenvalue weighted by atomic mass is 10.0. The molecule has 0 saturated heterocycles. The zero-order chi connectivity index (χ0) is 16.7. The van der Waals surface area contributed by atoms with E-state index in [1.807, 2.05) is 24.3 Å². The summed E-state index contributed by atoms with van der Waals surface area (Å²) in [5.74, 6) is -1.52. The van der Waals surface area contributed by atoms with Gasteiger partial charge in [0, 0.05) is 11.1 Å². The molecule has 0 aliphatic heterocycles. The molecule has 0 spiro atoms. The Hall–Kier alpha value is -3.14. The first-order chi connectivity index (χ1) is 11.6. The van der Waals surface area contributed by atoms with E-state index in [1.54, 1.807) is 12.1 Å². The van der Waals surface area contributed by atoms with Crippen LogP contribution in [0.5, 0.6) is 0 Å². The number of nitrogens with one attached hydrogen (secondary N) is 1. The van der Waals surface area contributed by atoms with Crippen LogP contribution in [0.4, 0.5) is 5.69 Å². The maximum absolute atomic E-state index is 12.6. The molecule has 24 heavy (non-hydrogen) atoms. The Kier molecular flexibility index (Phi) is 3.31. The van der Waals surface area contributed by atoms with E-state index in [-0.39, 0.29) is 11.1 Å². The number of aryl methyl sites for hydroxylation is 2. The molecule has 118 valence electrons. The molecule has 3 aromatic carbocycles. The molecule has 0 heterocycles. The molecular formula is C20H15NO3. The minimum atomic E-state index is -1.11. The molecule has 0 bridgehead atoms. The summed E-state index contributed by atoms with van der Waals surface area (Å²) in [5, 5.41) is 14.3. The fourth-order valence-corrected chi connectivity index (χ4v) is 3.41. The lowest BCUT2D eigenvalue weighted by Gasteiger charge is -2.11. The molecule has 1 amide bonds. The van der Waals surface area contributed by atoms with E-state index in [0.717, 1.165) is 18.2 Å². The van der Waals surface area contributed by atoms with Crippen molar-refractivity contribution in [1.82, 2.24) is 0 Å². The van der Waals surface area contributed by atoms with E-state index in [9.17, 15) is 14.7 Å². The second kappa shape index (κ2) is 5.49. The summed E-state index contributed by atoms with van der Waals surface area (Å²) in [6, 6.07) is 16.3. The van der Waals surface area contributed by atoms with E-state index in [1.165, 1.54) is 28.6 Å². The standard InChI is InChI=1S/C20H15NO3/c22-19(14-5-1-2-6-15(14)20(23)24)21-17-11-10-13-9-8-12-4-3-7-16(17)18(12)13/h1-7,10-11H,8-9H2,(H,21,22)(H,23,24). The zero-order valence-corrected chi connectivity index (χ0v) is 12.9. The summed E-state index contributed by atoms with van der Waals surface area (Å²) in [6.45, 7) is 0. The Bertz CT molecular complexity index is 981. The Balaban J connectivity index is 1.76. The molecule has 3 aromatic rings. The van der Waals surface area contributed by atoms with Crippen molar-refractivity contribution >= 4 is 28.3 Å². The highest BCUT2D eigenvalue weighted by Crippen LogP contribution is 2.35. The quantitative estimate of drug-likeness (QED) is 0.770. The summed E-state index contributed by atoms with van der Waals surface area (Å²) >= 11 is 0. The van der Waals surface area contributed by atoms with Gasteiger partial charge in [0.1, 0.15) is 0 Å². The van der Waals surface area contributed by atoms with Crippen LogP contribution in [0.15, 0.2) is 54.6 Å². The van der Waals surface area contributed by atoms with Crippen LogP contribution >= 0.6 is 0 Å². The predicted octanol–water partition coefficient (Wildman–Crippen LogP) is 3.89. The van der Waals surface area contributed by atoms with E-state index in [2.05, 4.69) is 11.4 Å². The van der Waals surface area contributed by atoms with E-state index >= 15 is 0 Å². The van der Waals surface area contributed by atoms with Crippen LogP contribution in [0.2, 0.25) is 0 Å². The van der Waals surface area contributed by atoms with Crippen LogP contribution < -0.4 is 5.32 Å². The van der Waals surface area contributed by atoms with Crippen LogP contribution in [-0.4, -0.2) is 17.0 Å². The number of carboxylic acid groups (broad SMARTS) is 1. The van der Waals surface area contributed by atoms with E-state index in [0.29, 0.717) is 5.69 Å².